The Kier molecular flexibility index (Phi) is 8.67. The van der Waals surface area contributed by atoms with Crippen LogP contribution in [0.3, 0.4) is 0 Å². The highest BCUT2D eigenvalue weighted by Gasteiger charge is 2.20. The molecule has 2 unspecified atom stereocenters. The van der Waals surface area contributed by atoms with Gasteiger partial charge in [-0.15, -0.1) is 0 Å². The van der Waals surface area contributed by atoms with E-state index in [1.807, 2.05) is 25.1 Å². The summed E-state index contributed by atoms with van der Waals surface area (Å²) in [4.78, 5) is 18.1. The van der Waals surface area contributed by atoms with E-state index in [2.05, 4.69) is 63.1 Å². The minimum absolute atomic E-state index is 0.237. The van der Waals surface area contributed by atoms with E-state index in [0.717, 1.165) is 87.6 Å². The molecule has 0 spiro atoms. The lowest BCUT2D eigenvalue weighted by atomic mass is 9.94. The molecule has 41 heavy (non-hydrogen) atoms. The molecule has 6 heteroatoms. The molecular formula is C35H42FN5. The smallest absolute Gasteiger partial charge is 0.133 e. The lowest BCUT2D eigenvalue weighted by Gasteiger charge is -2.25. The van der Waals surface area contributed by atoms with Crippen LogP contribution in [-0.4, -0.2) is 26.0 Å². The van der Waals surface area contributed by atoms with Crippen molar-refractivity contribution in [3.05, 3.63) is 72.1 Å². The first-order valence-corrected chi connectivity index (χ1v) is 15.2. The van der Waals surface area contributed by atoms with E-state index in [9.17, 15) is 0 Å². The fourth-order valence-corrected chi connectivity index (χ4v) is 6.27. The molecule has 2 aromatic heterocycles. The molecule has 2 heterocycles. The molecule has 0 aliphatic carbocycles. The monoisotopic (exact) mass is 551 g/mol. The molecule has 0 saturated carbocycles. The van der Waals surface area contributed by atoms with Gasteiger partial charge in [0, 0.05) is 46.4 Å². The third-order valence-corrected chi connectivity index (χ3v) is 8.72. The number of H-pyrrole nitrogens is 1. The molecule has 5 aromatic rings. The number of nitrogens with zero attached hydrogens (tertiary/aromatic N) is 3. The number of fused-ring (bicyclic) bond motifs is 6. The Balaban J connectivity index is 1.57. The quantitative estimate of drug-likeness (QED) is 0.160. The van der Waals surface area contributed by atoms with Crippen molar-refractivity contribution in [2.45, 2.75) is 85.6 Å². The van der Waals surface area contributed by atoms with E-state index in [-0.39, 0.29) is 11.9 Å². The van der Waals surface area contributed by atoms with Crippen molar-refractivity contribution >= 4 is 38.5 Å². The zero-order chi connectivity index (χ0) is 29.1. The van der Waals surface area contributed by atoms with Crippen LogP contribution in [0.15, 0.2) is 54.9 Å². The summed E-state index contributed by atoms with van der Waals surface area (Å²) in [5, 5.41) is 5.56. The Bertz CT molecular complexity index is 1700. The van der Waals surface area contributed by atoms with Crippen LogP contribution in [0.4, 0.5) is 4.39 Å². The predicted octanol–water partition coefficient (Wildman–Crippen LogP) is 9.53. The van der Waals surface area contributed by atoms with Gasteiger partial charge in [-0.3, -0.25) is 9.97 Å². The van der Waals surface area contributed by atoms with Crippen LogP contribution in [0.2, 0.25) is 0 Å². The van der Waals surface area contributed by atoms with Gasteiger partial charge in [-0.25, -0.2) is 9.37 Å². The van der Waals surface area contributed by atoms with E-state index in [4.69, 9.17) is 15.0 Å². The van der Waals surface area contributed by atoms with E-state index in [1.54, 1.807) is 18.5 Å². The number of benzene rings is 3. The second-order valence-corrected chi connectivity index (χ2v) is 11.2. The summed E-state index contributed by atoms with van der Waals surface area (Å²) < 4.78 is 15.6. The van der Waals surface area contributed by atoms with Gasteiger partial charge in [0.1, 0.15) is 17.2 Å². The number of hydrogen-bond donors (Lipinski definition) is 2. The summed E-state index contributed by atoms with van der Waals surface area (Å²) in [5.74, 6) is 1.69. The van der Waals surface area contributed by atoms with E-state index in [0.29, 0.717) is 17.4 Å². The predicted molar refractivity (Wildman–Crippen MR) is 170 cm³/mol. The Labute approximate surface area is 242 Å². The van der Waals surface area contributed by atoms with Crippen LogP contribution >= 0.6 is 0 Å². The highest BCUT2D eigenvalue weighted by atomic mass is 19.1. The SMILES string of the molecule is C/C=C(\NC(C)C(CC)CC)c1ccc(-c2ccc3c(c2)c2nccnc2c2[nH]c(C(CC)CCC)nc32)cc1F. The minimum Gasteiger partial charge on any atom is -0.382 e. The zero-order valence-electron chi connectivity index (χ0n) is 25.2. The van der Waals surface area contributed by atoms with Crippen LogP contribution in [0.5, 0.6) is 0 Å². The molecule has 2 atom stereocenters. The van der Waals surface area contributed by atoms with Gasteiger partial charge >= 0.3 is 0 Å². The van der Waals surface area contributed by atoms with Gasteiger partial charge in [0.2, 0.25) is 0 Å². The fraction of sp³-hybridized carbons (Fsp3) is 0.400. The Morgan fingerprint density at radius 3 is 2.27 bits per heavy atom. The summed E-state index contributed by atoms with van der Waals surface area (Å²) in [5.41, 5.74) is 6.67. The average molecular weight is 552 g/mol. The number of allylic oxidation sites excluding steroid dienone is 1. The summed E-state index contributed by atoms with van der Waals surface area (Å²) in [6, 6.07) is 12.0. The number of hydrogen-bond acceptors (Lipinski definition) is 4. The lowest BCUT2D eigenvalue weighted by Crippen LogP contribution is -2.32. The molecule has 3 aromatic carbocycles. The molecule has 214 valence electrons. The second-order valence-electron chi connectivity index (χ2n) is 11.2. The fourth-order valence-electron chi connectivity index (χ4n) is 6.27. The van der Waals surface area contributed by atoms with Crippen molar-refractivity contribution < 1.29 is 4.39 Å². The van der Waals surface area contributed by atoms with Crippen LogP contribution < -0.4 is 5.32 Å². The number of halogens is 1. The first-order valence-electron chi connectivity index (χ1n) is 15.2. The molecule has 0 amide bonds. The molecule has 0 saturated heterocycles. The van der Waals surface area contributed by atoms with Crippen molar-refractivity contribution in [3.8, 4) is 11.1 Å². The van der Waals surface area contributed by atoms with E-state index < -0.39 is 0 Å². The topological polar surface area (TPSA) is 66.5 Å². The molecular weight excluding hydrogens is 509 g/mol. The number of rotatable bonds is 11. The molecule has 5 rings (SSSR count). The van der Waals surface area contributed by atoms with Crippen molar-refractivity contribution in [2.75, 3.05) is 0 Å². The van der Waals surface area contributed by atoms with Crippen molar-refractivity contribution in [1.29, 1.82) is 0 Å². The summed E-state index contributed by atoms with van der Waals surface area (Å²) in [6.07, 6.45) is 10.8. The molecule has 0 radical (unpaired) electrons. The van der Waals surface area contributed by atoms with Gasteiger partial charge in [-0.05, 0) is 61.9 Å². The molecule has 0 aliphatic heterocycles. The maximum absolute atomic E-state index is 15.6. The first-order chi connectivity index (χ1) is 19.9. The minimum atomic E-state index is -0.237. The second kappa shape index (κ2) is 12.4. The number of nitrogens with one attached hydrogen (secondary N) is 2. The number of imidazole rings is 1. The van der Waals surface area contributed by atoms with Gasteiger partial charge in [0.05, 0.1) is 16.6 Å². The number of aromatic nitrogens is 4. The normalized spacial score (nSPS) is 13.9. The first kappa shape index (κ1) is 28.7. The summed E-state index contributed by atoms with van der Waals surface area (Å²) in [7, 11) is 0. The van der Waals surface area contributed by atoms with Gasteiger partial charge in [-0.1, -0.05) is 71.2 Å². The average Bonchev–Trinajstić information content (AvgIpc) is 3.45. The highest BCUT2D eigenvalue weighted by molar-refractivity contribution is 6.21. The Morgan fingerprint density at radius 1 is 0.902 bits per heavy atom. The van der Waals surface area contributed by atoms with Crippen LogP contribution in [-0.2, 0) is 0 Å². The van der Waals surface area contributed by atoms with Gasteiger partial charge in [0.25, 0.3) is 0 Å². The van der Waals surface area contributed by atoms with Gasteiger partial charge in [-0.2, -0.15) is 0 Å². The zero-order valence-corrected chi connectivity index (χ0v) is 25.2. The van der Waals surface area contributed by atoms with Crippen molar-refractivity contribution in [3.63, 3.8) is 0 Å². The molecule has 5 nitrogen and oxygen atoms in total. The third-order valence-electron chi connectivity index (χ3n) is 8.72. The highest BCUT2D eigenvalue weighted by Crippen LogP contribution is 2.36. The molecule has 0 aliphatic rings. The Morgan fingerprint density at radius 2 is 1.61 bits per heavy atom. The lowest BCUT2D eigenvalue weighted by molar-refractivity contribution is 0.386. The van der Waals surface area contributed by atoms with Gasteiger partial charge < -0.3 is 10.3 Å². The standard InChI is InChI=1S/C35H42FN5/c1-7-12-23(10-4)35-40-32-26-15-13-24(19-28(26)31-33(34(32)41-35)38-18-17-37-31)25-14-16-27(29(36)20-25)30(11-5)39-21(6)22(8-2)9-3/h11,13-23,39H,7-10,12H2,1-6H3,(H,40,41)/b30-11-. The van der Waals surface area contributed by atoms with E-state index >= 15 is 4.39 Å². The van der Waals surface area contributed by atoms with Crippen molar-refractivity contribution in [1.82, 2.24) is 25.3 Å². The molecule has 2 N–H and O–H groups in total. The maximum Gasteiger partial charge on any atom is 0.133 e. The number of aromatic amines is 1. The molecule has 0 fully saturated rings. The van der Waals surface area contributed by atoms with Crippen LogP contribution in [0.1, 0.15) is 91.0 Å². The summed E-state index contributed by atoms with van der Waals surface area (Å²) >= 11 is 0. The van der Waals surface area contributed by atoms with E-state index in [1.165, 1.54) is 0 Å². The third kappa shape index (κ3) is 5.44. The van der Waals surface area contributed by atoms with Crippen LogP contribution in [0, 0.1) is 11.7 Å². The summed E-state index contributed by atoms with van der Waals surface area (Å²) in [6.45, 7) is 13.0. The molecule has 0 bridgehead atoms. The maximum atomic E-state index is 15.6. The Hall–Kier alpha value is -3.80. The van der Waals surface area contributed by atoms with Crippen LogP contribution in [0.25, 0.3) is 49.7 Å². The largest absolute Gasteiger partial charge is 0.382 e. The van der Waals surface area contributed by atoms with Gasteiger partial charge in [0.15, 0.2) is 0 Å². The van der Waals surface area contributed by atoms with Crippen molar-refractivity contribution in [2.24, 2.45) is 5.92 Å².